The molecule has 2 aliphatic rings. The summed E-state index contributed by atoms with van der Waals surface area (Å²) in [5, 5.41) is 9.91. The number of fused-ring (bicyclic) bond motifs is 2. The molecule has 1 N–H and O–H groups in total. The van der Waals surface area contributed by atoms with Crippen LogP contribution in [0.1, 0.15) is 58.6 Å². The van der Waals surface area contributed by atoms with Gasteiger partial charge in [-0.15, -0.1) is 0 Å². The van der Waals surface area contributed by atoms with Crippen molar-refractivity contribution in [3.63, 3.8) is 0 Å². The van der Waals surface area contributed by atoms with Gasteiger partial charge >= 0.3 is 0 Å². The molecule has 1 nitrogen and oxygen atoms in total. The van der Waals surface area contributed by atoms with Gasteiger partial charge in [0, 0.05) is 5.41 Å². The molecule has 0 aliphatic heterocycles. The molecular weight excluding hydrogens is 232 g/mol. The van der Waals surface area contributed by atoms with Crippen molar-refractivity contribution in [2.75, 3.05) is 0 Å². The van der Waals surface area contributed by atoms with E-state index in [1.165, 1.54) is 16.7 Å². The smallest absolute Gasteiger partial charge is 0.115 e. The minimum atomic E-state index is 0.140. The van der Waals surface area contributed by atoms with E-state index in [-0.39, 0.29) is 16.2 Å². The predicted octanol–water partition coefficient (Wildman–Crippen LogP) is 4.69. The van der Waals surface area contributed by atoms with E-state index < -0.39 is 0 Å². The number of phenolic OH excluding ortho intramolecular Hbond substituents is 1. The SMILES string of the molecule is CC1=CC(C)(C)CC12CC(C)(C)c1ccc(O)cc12. The molecule has 0 fully saturated rings. The fraction of sp³-hybridized carbons (Fsp3) is 0.556. The lowest BCUT2D eigenvalue weighted by atomic mass is 9.71. The maximum atomic E-state index is 9.91. The fourth-order valence-corrected chi connectivity index (χ4v) is 4.67. The molecule has 1 spiro atoms. The molecule has 0 amide bonds. The maximum absolute atomic E-state index is 9.91. The van der Waals surface area contributed by atoms with Crippen LogP contribution in [0.5, 0.6) is 5.75 Å². The summed E-state index contributed by atoms with van der Waals surface area (Å²) in [6.07, 6.45) is 4.75. The Bertz CT molecular complexity index is 577. The third kappa shape index (κ3) is 1.67. The molecule has 1 atom stereocenters. The molecule has 1 heteroatoms. The van der Waals surface area contributed by atoms with Gasteiger partial charge in [0.15, 0.2) is 0 Å². The predicted molar refractivity (Wildman–Crippen MR) is 79.6 cm³/mol. The second kappa shape index (κ2) is 3.45. The van der Waals surface area contributed by atoms with Crippen LogP contribution in [0, 0.1) is 5.41 Å². The van der Waals surface area contributed by atoms with E-state index in [9.17, 15) is 5.11 Å². The number of phenols is 1. The maximum Gasteiger partial charge on any atom is 0.115 e. The van der Waals surface area contributed by atoms with Crippen molar-refractivity contribution in [3.8, 4) is 5.75 Å². The molecule has 0 aromatic heterocycles. The van der Waals surface area contributed by atoms with Gasteiger partial charge in [-0.3, -0.25) is 0 Å². The normalized spacial score (nSPS) is 30.5. The van der Waals surface area contributed by atoms with E-state index in [0.717, 1.165) is 12.8 Å². The van der Waals surface area contributed by atoms with Crippen LogP contribution in [0.2, 0.25) is 0 Å². The van der Waals surface area contributed by atoms with Crippen LogP contribution in [0.15, 0.2) is 29.8 Å². The Labute approximate surface area is 116 Å². The van der Waals surface area contributed by atoms with Gasteiger partial charge in [-0.2, -0.15) is 0 Å². The zero-order valence-electron chi connectivity index (χ0n) is 12.7. The highest BCUT2D eigenvalue weighted by molar-refractivity contribution is 5.55. The van der Waals surface area contributed by atoms with Crippen molar-refractivity contribution < 1.29 is 5.11 Å². The first-order valence-electron chi connectivity index (χ1n) is 7.20. The van der Waals surface area contributed by atoms with Crippen LogP contribution in [0.25, 0.3) is 0 Å². The molecule has 0 heterocycles. The van der Waals surface area contributed by atoms with Crippen molar-refractivity contribution in [1.29, 1.82) is 0 Å². The Morgan fingerprint density at radius 2 is 1.68 bits per heavy atom. The van der Waals surface area contributed by atoms with Crippen molar-refractivity contribution in [2.45, 2.75) is 58.3 Å². The lowest BCUT2D eigenvalue weighted by Crippen LogP contribution is -2.26. The molecule has 2 aliphatic carbocycles. The van der Waals surface area contributed by atoms with Crippen LogP contribution < -0.4 is 0 Å². The van der Waals surface area contributed by atoms with Gasteiger partial charge in [0.1, 0.15) is 5.75 Å². The zero-order chi connectivity index (χ0) is 14.1. The monoisotopic (exact) mass is 256 g/mol. The summed E-state index contributed by atoms with van der Waals surface area (Å²) in [4.78, 5) is 0. The number of hydrogen-bond donors (Lipinski definition) is 1. The first-order valence-corrected chi connectivity index (χ1v) is 7.20. The quantitative estimate of drug-likeness (QED) is 0.668. The van der Waals surface area contributed by atoms with E-state index in [4.69, 9.17) is 0 Å². The van der Waals surface area contributed by atoms with Gasteiger partial charge in [0.2, 0.25) is 0 Å². The summed E-state index contributed by atoms with van der Waals surface area (Å²) in [7, 11) is 0. The third-order valence-electron chi connectivity index (χ3n) is 5.11. The number of aromatic hydroxyl groups is 1. The Kier molecular flexibility index (Phi) is 2.32. The van der Waals surface area contributed by atoms with Gasteiger partial charge in [0.25, 0.3) is 0 Å². The molecule has 1 unspecified atom stereocenters. The van der Waals surface area contributed by atoms with E-state index in [1.54, 1.807) is 0 Å². The molecule has 102 valence electrons. The van der Waals surface area contributed by atoms with Crippen molar-refractivity contribution >= 4 is 0 Å². The highest BCUT2D eigenvalue weighted by atomic mass is 16.3. The molecule has 19 heavy (non-hydrogen) atoms. The second-order valence-corrected chi connectivity index (χ2v) is 7.87. The van der Waals surface area contributed by atoms with Gasteiger partial charge in [-0.25, -0.2) is 0 Å². The summed E-state index contributed by atoms with van der Waals surface area (Å²) < 4.78 is 0. The molecular formula is C18H24O. The molecule has 1 aromatic carbocycles. The van der Waals surface area contributed by atoms with E-state index in [2.05, 4.69) is 46.8 Å². The number of benzene rings is 1. The Morgan fingerprint density at radius 1 is 1.00 bits per heavy atom. The number of hydrogen-bond acceptors (Lipinski definition) is 1. The average Bonchev–Trinajstić information content (AvgIpc) is 2.59. The third-order valence-corrected chi connectivity index (χ3v) is 5.11. The standard InChI is InChI=1S/C18H24O/c1-12-9-16(2,3)10-18(12)11-17(4,5)14-7-6-13(19)8-15(14)18/h6-9,19H,10-11H2,1-5H3. The zero-order valence-corrected chi connectivity index (χ0v) is 12.7. The molecule has 3 rings (SSSR count). The lowest BCUT2D eigenvalue weighted by Gasteiger charge is -2.32. The van der Waals surface area contributed by atoms with Crippen molar-refractivity contribution in [1.82, 2.24) is 0 Å². The minimum absolute atomic E-state index is 0.140. The van der Waals surface area contributed by atoms with Crippen molar-refractivity contribution in [3.05, 3.63) is 41.0 Å². The van der Waals surface area contributed by atoms with E-state index in [1.807, 2.05) is 12.1 Å². The van der Waals surface area contributed by atoms with Crippen LogP contribution in [-0.2, 0) is 10.8 Å². The molecule has 0 saturated heterocycles. The van der Waals surface area contributed by atoms with Crippen LogP contribution in [0.3, 0.4) is 0 Å². The topological polar surface area (TPSA) is 20.2 Å². The van der Waals surface area contributed by atoms with E-state index in [0.29, 0.717) is 5.75 Å². The van der Waals surface area contributed by atoms with Gasteiger partial charge in [-0.05, 0) is 53.9 Å². The van der Waals surface area contributed by atoms with Crippen LogP contribution in [0.4, 0.5) is 0 Å². The number of allylic oxidation sites excluding steroid dienone is 2. The number of rotatable bonds is 0. The lowest BCUT2D eigenvalue weighted by molar-refractivity contribution is 0.321. The minimum Gasteiger partial charge on any atom is -0.508 e. The molecule has 0 radical (unpaired) electrons. The van der Waals surface area contributed by atoms with Crippen LogP contribution >= 0.6 is 0 Å². The summed E-state index contributed by atoms with van der Waals surface area (Å²) in [6.45, 7) is 11.6. The molecule has 0 saturated carbocycles. The van der Waals surface area contributed by atoms with Crippen molar-refractivity contribution in [2.24, 2.45) is 5.41 Å². The van der Waals surface area contributed by atoms with Crippen LogP contribution in [-0.4, -0.2) is 5.11 Å². The highest BCUT2D eigenvalue weighted by Gasteiger charge is 2.53. The fourth-order valence-electron chi connectivity index (χ4n) is 4.67. The molecule has 1 aromatic rings. The summed E-state index contributed by atoms with van der Waals surface area (Å²) in [5.41, 5.74) is 4.84. The Balaban J connectivity index is 2.24. The second-order valence-electron chi connectivity index (χ2n) is 7.87. The first kappa shape index (κ1) is 12.8. The Morgan fingerprint density at radius 3 is 2.26 bits per heavy atom. The molecule has 0 bridgehead atoms. The largest absolute Gasteiger partial charge is 0.508 e. The van der Waals surface area contributed by atoms with E-state index >= 15 is 0 Å². The van der Waals surface area contributed by atoms with Gasteiger partial charge < -0.3 is 5.11 Å². The average molecular weight is 256 g/mol. The summed E-state index contributed by atoms with van der Waals surface area (Å²) in [5.74, 6) is 0.397. The van der Waals surface area contributed by atoms with Gasteiger partial charge in [0.05, 0.1) is 0 Å². The van der Waals surface area contributed by atoms with Gasteiger partial charge in [-0.1, -0.05) is 45.4 Å². The Hall–Kier alpha value is -1.24. The summed E-state index contributed by atoms with van der Waals surface area (Å²) >= 11 is 0. The summed E-state index contributed by atoms with van der Waals surface area (Å²) in [6, 6.07) is 5.96. The highest BCUT2D eigenvalue weighted by Crippen LogP contribution is 2.61. The first-order chi connectivity index (χ1) is 8.66.